The Morgan fingerprint density at radius 3 is 2.42 bits per heavy atom. The van der Waals surface area contributed by atoms with Crippen LogP contribution in [-0.4, -0.2) is 19.2 Å². The number of carbonyl (C=O) groups excluding carboxylic acids is 1. The lowest BCUT2D eigenvalue weighted by molar-refractivity contribution is -0.136. The van der Waals surface area contributed by atoms with E-state index in [4.69, 9.17) is 24.7 Å². The normalized spacial score (nSPS) is 14.5. The van der Waals surface area contributed by atoms with E-state index in [1.54, 1.807) is 18.2 Å². The lowest BCUT2D eigenvalue weighted by Gasteiger charge is -2.27. The van der Waals surface area contributed by atoms with Crippen LogP contribution in [0.25, 0.3) is 0 Å². The molecule has 0 aromatic heterocycles. The summed E-state index contributed by atoms with van der Waals surface area (Å²) >= 11 is 0. The predicted octanol–water partition coefficient (Wildman–Crippen LogP) is 6.76. The molecule has 4 rings (SSSR count). The zero-order valence-electron chi connectivity index (χ0n) is 23.5. The van der Waals surface area contributed by atoms with Gasteiger partial charge in [0, 0.05) is 11.6 Å². The van der Waals surface area contributed by atoms with Gasteiger partial charge in [-0.15, -0.1) is 0 Å². The highest BCUT2D eigenvalue weighted by Gasteiger charge is 2.31. The lowest BCUT2D eigenvalue weighted by atomic mass is 9.83. The Balaban J connectivity index is 1.47. The Kier molecular flexibility index (Phi) is 9.00. The van der Waals surface area contributed by atoms with Crippen LogP contribution in [0.4, 0.5) is 0 Å². The number of hydrogen-bond donors (Lipinski definition) is 1. The number of nitrogens with zero attached hydrogens (tertiary/aromatic N) is 1. The summed E-state index contributed by atoms with van der Waals surface area (Å²) < 4.78 is 22.8. The molecule has 0 spiro atoms. The number of rotatable bonds is 10. The highest BCUT2D eigenvalue weighted by atomic mass is 16.6. The van der Waals surface area contributed by atoms with Crippen molar-refractivity contribution in [3.63, 3.8) is 0 Å². The number of ether oxygens (including phenoxy) is 4. The van der Waals surface area contributed by atoms with Gasteiger partial charge in [-0.3, -0.25) is 0 Å². The third-order valence-corrected chi connectivity index (χ3v) is 6.71. The van der Waals surface area contributed by atoms with Crippen LogP contribution in [0.1, 0.15) is 69.6 Å². The van der Waals surface area contributed by atoms with Crippen LogP contribution >= 0.6 is 0 Å². The van der Waals surface area contributed by atoms with Crippen molar-refractivity contribution in [2.45, 2.75) is 58.3 Å². The molecule has 1 atom stereocenters. The Bertz CT molecular complexity index is 1410. The molecule has 0 radical (unpaired) electrons. The van der Waals surface area contributed by atoms with E-state index >= 15 is 0 Å². The van der Waals surface area contributed by atoms with Crippen molar-refractivity contribution < 1.29 is 23.7 Å². The molecule has 0 saturated carbocycles. The largest absolute Gasteiger partial charge is 0.494 e. The van der Waals surface area contributed by atoms with Crippen molar-refractivity contribution >= 4 is 5.97 Å². The van der Waals surface area contributed by atoms with Crippen molar-refractivity contribution in [2.75, 3.05) is 13.2 Å². The fourth-order valence-corrected chi connectivity index (χ4v) is 4.52. The second-order valence-electron chi connectivity index (χ2n) is 10.8. The molecule has 1 aliphatic heterocycles. The molecule has 0 aliphatic carbocycles. The van der Waals surface area contributed by atoms with Crippen molar-refractivity contribution in [1.82, 2.24) is 0 Å². The third kappa shape index (κ3) is 6.95. The van der Waals surface area contributed by atoms with Gasteiger partial charge in [-0.1, -0.05) is 70.9 Å². The summed E-state index contributed by atoms with van der Waals surface area (Å²) in [5.41, 5.74) is 9.27. The molecule has 40 heavy (non-hydrogen) atoms. The Morgan fingerprint density at radius 2 is 1.73 bits per heavy atom. The average molecular weight is 541 g/mol. The van der Waals surface area contributed by atoms with Crippen LogP contribution < -0.4 is 24.7 Å². The fraction of sp³-hybridized carbons (Fsp3) is 0.333. The minimum atomic E-state index is -0.554. The number of carbonyl (C=O) groups is 1. The van der Waals surface area contributed by atoms with Crippen LogP contribution in [0.3, 0.4) is 0 Å². The molecule has 0 fully saturated rings. The third-order valence-electron chi connectivity index (χ3n) is 6.71. The first-order valence-electron chi connectivity index (χ1n) is 13.6. The molecule has 7 nitrogen and oxygen atoms in total. The van der Waals surface area contributed by atoms with Crippen LogP contribution in [-0.2, 0) is 10.2 Å². The van der Waals surface area contributed by atoms with Gasteiger partial charge in [0.2, 0.25) is 5.88 Å². The van der Waals surface area contributed by atoms with Gasteiger partial charge in [-0.05, 0) is 53.3 Å². The van der Waals surface area contributed by atoms with E-state index in [2.05, 4.69) is 33.8 Å². The monoisotopic (exact) mass is 540 g/mol. The summed E-state index contributed by atoms with van der Waals surface area (Å²) in [4.78, 5) is 12.5. The Hall–Kier alpha value is -4.44. The van der Waals surface area contributed by atoms with E-state index in [1.807, 2.05) is 48.5 Å². The SMILES string of the molecule is CCCCCOc1cccc(C2C(C#N)=C(N)Oc3cc(OC(=O)COc4ccc(C(C)(C)C)cc4)ccc32)c1. The van der Waals surface area contributed by atoms with Gasteiger partial charge in [0.25, 0.3) is 0 Å². The minimum Gasteiger partial charge on any atom is -0.494 e. The Morgan fingerprint density at radius 1 is 0.975 bits per heavy atom. The van der Waals surface area contributed by atoms with E-state index in [0.29, 0.717) is 23.7 Å². The van der Waals surface area contributed by atoms with Gasteiger partial charge in [-0.25, -0.2) is 4.79 Å². The number of nitrogens with two attached hydrogens (primary N) is 1. The van der Waals surface area contributed by atoms with E-state index in [-0.39, 0.29) is 23.7 Å². The molecular formula is C33H36N2O5. The molecule has 2 N–H and O–H groups in total. The number of esters is 1. The van der Waals surface area contributed by atoms with Crippen molar-refractivity contribution in [1.29, 1.82) is 5.26 Å². The predicted molar refractivity (Wildman–Crippen MR) is 153 cm³/mol. The highest BCUT2D eigenvalue weighted by Crippen LogP contribution is 2.44. The molecule has 1 aliphatic rings. The maximum Gasteiger partial charge on any atom is 0.349 e. The first kappa shape index (κ1) is 28.6. The molecule has 3 aromatic carbocycles. The van der Waals surface area contributed by atoms with Gasteiger partial charge in [-0.2, -0.15) is 5.26 Å². The molecule has 0 bridgehead atoms. The number of nitriles is 1. The zero-order valence-corrected chi connectivity index (χ0v) is 23.5. The number of unbranched alkanes of at least 4 members (excludes halogenated alkanes) is 2. The van der Waals surface area contributed by atoms with Gasteiger partial charge >= 0.3 is 5.97 Å². The maximum absolute atomic E-state index is 12.5. The molecular weight excluding hydrogens is 504 g/mol. The molecule has 1 heterocycles. The quantitative estimate of drug-likeness (QED) is 0.172. The minimum absolute atomic E-state index is 0.0137. The molecule has 3 aromatic rings. The summed E-state index contributed by atoms with van der Waals surface area (Å²) in [6.45, 7) is 8.94. The van der Waals surface area contributed by atoms with Crippen LogP contribution in [0.2, 0.25) is 0 Å². The zero-order chi connectivity index (χ0) is 28.7. The number of fused-ring (bicyclic) bond motifs is 1. The second kappa shape index (κ2) is 12.6. The molecule has 7 heteroatoms. The Labute approximate surface area is 236 Å². The van der Waals surface area contributed by atoms with E-state index in [0.717, 1.165) is 36.1 Å². The number of allylic oxidation sites excluding steroid dienone is 1. The number of hydrogen-bond acceptors (Lipinski definition) is 7. The smallest absolute Gasteiger partial charge is 0.349 e. The topological polar surface area (TPSA) is 104 Å². The van der Waals surface area contributed by atoms with Crippen LogP contribution in [0.5, 0.6) is 23.0 Å². The van der Waals surface area contributed by atoms with Gasteiger partial charge in [0.05, 0.1) is 12.5 Å². The average Bonchev–Trinajstić information content (AvgIpc) is 2.93. The molecule has 208 valence electrons. The fourth-order valence-electron chi connectivity index (χ4n) is 4.52. The molecule has 0 saturated heterocycles. The van der Waals surface area contributed by atoms with Gasteiger partial charge in [0.15, 0.2) is 6.61 Å². The summed E-state index contributed by atoms with van der Waals surface area (Å²) in [6, 6.07) is 22.6. The summed E-state index contributed by atoms with van der Waals surface area (Å²) in [5, 5.41) is 9.89. The first-order valence-corrected chi connectivity index (χ1v) is 13.6. The lowest BCUT2D eigenvalue weighted by Crippen LogP contribution is -2.21. The summed E-state index contributed by atoms with van der Waals surface area (Å²) in [6.07, 6.45) is 3.20. The second-order valence-corrected chi connectivity index (χ2v) is 10.8. The molecule has 1 unspecified atom stereocenters. The van der Waals surface area contributed by atoms with E-state index < -0.39 is 11.9 Å². The number of benzene rings is 3. The van der Waals surface area contributed by atoms with Gasteiger partial charge in [0.1, 0.15) is 34.6 Å². The van der Waals surface area contributed by atoms with Crippen molar-refractivity contribution in [2.24, 2.45) is 5.73 Å². The van der Waals surface area contributed by atoms with Crippen molar-refractivity contribution in [3.05, 3.63) is 94.9 Å². The van der Waals surface area contributed by atoms with Crippen LogP contribution in [0.15, 0.2) is 78.2 Å². The standard InChI is InChI=1S/C33H36N2O5/c1-5-6-7-17-37-25-10-8-9-22(18-25)31-27-16-15-26(19-29(27)40-32(35)28(31)20-34)39-30(36)21-38-24-13-11-23(12-14-24)33(2,3)4/h8-16,18-19,31H,5-7,17,21,35H2,1-4H3. The highest BCUT2D eigenvalue weighted by molar-refractivity contribution is 5.74. The van der Waals surface area contributed by atoms with Gasteiger partial charge < -0.3 is 24.7 Å². The van der Waals surface area contributed by atoms with Crippen molar-refractivity contribution in [3.8, 4) is 29.1 Å². The van der Waals surface area contributed by atoms with E-state index in [9.17, 15) is 10.1 Å². The van der Waals surface area contributed by atoms with E-state index in [1.165, 1.54) is 5.56 Å². The van der Waals surface area contributed by atoms with Crippen LogP contribution in [0, 0.1) is 11.3 Å². The maximum atomic E-state index is 12.5. The molecule has 0 amide bonds. The summed E-state index contributed by atoms with van der Waals surface area (Å²) in [7, 11) is 0. The summed E-state index contributed by atoms with van der Waals surface area (Å²) in [5.74, 6) is 1.03. The first-order chi connectivity index (χ1) is 19.2.